The maximum absolute atomic E-state index is 11.6. The van der Waals surface area contributed by atoms with E-state index in [0.717, 1.165) is 0 Å². The predicted octanol–water partition coefficient (Wildman–Crippen LogP) is 3.48. The Labute approximate surface area is 131 Å². The smallest absolute Gasteiger partial charge is 0.432 e. The average molecular weight is 318 g/mol. The second-order valence-electron chi connectivity index (χ2n) is 6.28. The van der Waals surface area contributed by atoms with Crippen LogP contribution >= 0.6 is 0 Å². The molecule has 7 nitrogen and oxygen atoms in total. The quantitative estimate of drug-likeness (QED) is 0.307. The minimum Gasteiger partial charge on any atom is -0.432 e. The first kappa shape index (κ1) is 20.4. The molecule has 128 valence electrons. The summed E-state index contributed by atoms with van der Waals surface area (Å²) in [7, 11) is 0. The van der Waals surface area contributed by atoms with Crippen LogP contribution in [0.2, 0.25) is 0 Å². The van der Waals surface area contributed by atoms with Gasteiger partial charge in [-0.2, -0.15) is 4.79 Å². The van der Waals surface area contributed by atoms with Crippen molar-refractivity contribution in [2.75, 3.05) is 6.61 Å². The molecule has 0 fully saturated rings. The molecule has 22 heavy (non-hydrogen) atoms. The van der Waals surface area contributed by atoms with Crippen molar-refractivity contribution < 1.29 is 33.9 Å². The van der Waals surface area contributed by atoms with Crippen LogP contribution in [-0.2, 0) is 29.1 Å². The summed E-state index contributed by atoms with van der Waals surface area (Å²) in [4.78, 5) is 41.5. The monoisotopic (exact) mass is 318 g/mol. The third kappa shape index (κ3) is 10.2. The molecule has 0 N–H and O–H groups in total. The standard InChI is InChI=1S/C15H26O7/c1-8-18-13(17)20-19-12(16)11(2)9-10-15(6,7)22-21-14(3,4)5/h2,8-10H2,1,3-7H3. The van der Waals surface area contributed by atoms with Gasteiger partial charge >= 0.3 is 12.1 Å². The van der Waals surface area contributed by atoms with E-state index >= 15 is 0 Å². The van der Waals surface area contributed by atoms with Crippen LogP contribution in [0.5, 0.6) is 0 Å². The van der Waals surface area contributed by atoms with E-state index in [9.17, 15) is 9.59 Å². The lowest BCUT2D eigenvalue weighted by Crippen LogP contribution is -2.31. The minimum atomic E-state index is -1.08. The average Bonchev–Trinajstić information content (AvgIpc) is 2.40. The van der Waals surface area contributed by atoms with Gasteiger partial charge in [0.15, 0.2) is 0 Å². The number of carbonyl (C=O) groups excluding carboxylic acids is 2. The lowest BCUT2D eigenvalue weighted by Gasteiger charge is -2.28. The fourth-order valence-electron chi connectivity index (χ4n) is 1.11. The fraction of sp³-hybridized carbons (Fsp3) is 0.733. The van der Waals surface area contributed by atoms with Gasteiger partial charge in [0.2, 0.25) is 0 Å². The first-order valence-corrected chi connectivity index (χ1v) is 7.07. The van der Waals surface area contributed by atoms with Gasteiger partial charge in [0.1, 0.15) is 0 Å². The zero-order valence-electron chi connectivity index (χ0n) is 14.2. The molecule has 0 heterocycles. The van der Waals surface area contributed by atoms with Gasteiger partial charge in [-0.05, 0) is 54.4 Å². The maximum Gasteiger partial charge on any atom is 0.549 e. The summed E-state index contributed by atoms with van der Waals surface area (Å²) in [6.07, 6.45) is -0.312. The Morgan fingerprint density at radius 2 is 1.59 bits per heavy atom. The third-order valence-corrected chi connectivity index (χ3v) is 2.28. The molecule has 0 aliphatic carbocycles. The second kappa shape index (κ2) is 8.75. The molecule has 0 saturated carbocycles. The molecule has 0 atom stereocenters. The normalized spacial score (nSPS) is 11.7. The van der Waals surface area contributed by atoms with Gasteiger partial charge < -0.3 is 4.74 Å². The minimum absolute atomic E-state index is 0.122. The Morgan fingerprint density at radius 3 is 2.09 bits per heavy atom. The number of hydrogen-bond acceptors (Lipinski definition) is 7. The highest BCUT2D eigenvalue weighted by molar-refractivity contribution is 5.87. The first-order chi connectivity index (χ1) is 9.97. The van der Waals surface area contributed by atoms with E-state index in [4.69, 9.17) is 9.78 Å². The zero-order chi connectivity index (χ0) is 17.4. The van der Waals surface area contributed by atoms with Gasteiger partial charge in [-0.1, -0.05) is 6.58 Å². The van der Waals surface area contributed by atoms with Gasteiger partial charge in [-0.15, -0.1) is 0 Å². The van der Waals surface area contributed by atoms with Gasteiger partial charge in [0.05, 0.1) is 17.8 Å². The molecular weight excluding hydrogens is 292 g/mol. The molecule has 0 spiro atoms. The largest absolute Gasteiger partial charge is 0.549 e. The molecule has 0 aromatic rings. The summed E-state index contributed by atoms with van der Waals surface area (Å²) in [5, 5.41) is 0. The zero-order valence-corrected chi connectivity index (χ0v) is 14.2. The van der Waals surface area contributed by atoms with Crippen molar-refractivity contribution in [1.29, 1.82) is 0 Å². The van der Waals surface area contributed by atoms with Crippen LogP contribution in [0.1, 0.15) is 54.4 Å². The number of hydrogen-bond donors (Lipinski definition) is 0. The summed E-state index contributed by atoms with van der Waals surface area (Å²) in [5.41, 5.74) is -0.893. The Balaban J connectivity index is 4.14. The van der Waals surface area contributed by atoms with Crippen molar-refractivity contribution in [2.24, 2.45) is 0 Å². The SMILES string of the molecule is C=C(CCC(C)(C)OOC(C)(C)C)C(=O)OOC(=O)OCC. The molecular formula is C15H26O7. The molecule has 0 aromatic heterocycles. The van der Waals surface area contributed by atoms with Crippen molar-refractivity contribution in [1.82, 2.24) is 0 Å². The van der Waals surface area contributed by atoms with Gasteiger partial charge in [0, 0.05) is 5.57 Å². The molecule has 0 aliphatic heterocycles. The Kier molecular flexibility index (Phi) is 8.11. The summed E-state index contributed by atoms with van der Waals surface area (Å²) in [5.74, 6) is -0.833. The maximum atomic E-state index is 11.6. The molecule has 0 rings (SSSR count). The van der Waals surface area contributed by atoms with E-state index in [1.807, 2.05) is 34.6 Å². The Hall–Kier alpha value is -1.60. The summed E-state index contributed by atoms with van der Waals surface area (Å²) >= 11 is 0. The van der Waals surface area contributed by atoms with Crippen molar-refractivity contribution in [3.63, 3.8) is 0 Å². The van der Waals surface area contributed by atoms with Gasteiger partial charge in [0.25, 0.3) is 0 Å². The van der Waals surface area contributed by atoms with Crippen LogP contribution in [0.15, 0.2) is 12.2 Å². The number of rotatable bonds is 7. The van der Waals surface area contributed by atoms with E-state index in [-0.39, 0.29) is 12.2 Å². The van der Waals surface area contributed by atoms with Crippen molar-refractivity contribution in [2.45, 2.75) is 65.6 Å². The highest BCUT2D eigenvalue weighted by atomic mass is 17.2. The molecule has 0 aromatic carbocycles. The molecule has 0 radical (unpaired) electrons. The summed E-state index contributed by atoms with van der Waals surface area (Å²) in [6.45, 7) is 14.6. The molecule has 0 saturated heterocycles. The fourth-order valence-corrected chi connectivity index (χ4v) is 1.11. The van der Waals surface area contributed by atoms with Crippen LogP contribution in [0.25, 0.3) is 0 Å². The number of ether oxygens (including phenoxy) is 1. The van der Waals surface area contributed by atoms with Crippen molar-refractivity contribution in [3.05, 3.63) is 12.2 Å². The molecule has 0 amide bonds. The second-order valence-corrected chi connectivity index (χ2v) is 6.28. The molecule has 0 aliphatic rings. The van der Waals surface area contributed by atoms with E-state index < -0.39 is 23.3 Å². The molecule has 7 heteroatoms. The molecule has 0 bridgehead atoms. The van der Waals surface area contributed by atoms with E-state index in [2.05, 4.69) is 21.1 Å². The van der Waals surface area contributed by atoms with E-state index in [1.165, 1.54) is 0 Å². The van der Waals surface area contributed by atoms with Crippen molar-refractivity contribution >= 4 is 12.1 Å². The van der Waals surface area contributed by atoms with E-state index in [0.29, 0.717) is 12.8 Å². The lowest BCUT2D eigenvalue weighted by atomic mass is 9.99. The first-order valence-electron chi connectivity index (χ1n) is 7.07. The predicted molar refractivity (Wildman–Crippen MR) is 78.6 cm³/mol. The number of carbonyl (C=O) groups is 2. The van der Waals surface area contributed by atoms with Crippen molar-refractivity contribution in [3.8, 4) is 0 Å². The summed E-state index contributed by atoms with van der Waals surface area (Å²) < 4.78 is 4.45. The topological polar surface area (TPSA) is 80.3 Å². The van der Waals surface area contributed by atoms with Crippen LogP contribution in [0, 0.1) is 0 Å². The highest BCUT2D eigenvalue weighted by Gasteiger charge is 2.25. The van der Waals surface area contributed by atoms with Gasteiger partial charge in [-0.3, -0.25) is 0 Å². The van der Waals surface area contributed by atoms with Crippen LogP contribution in [-0.4, -0.2) is 29.9 Å². The van der Waals surface area contributed by atoms with Crippen LogP contribution in [0.4, 0.5) is 4.79 Å². The Morgan fingerprint density at radius 1 is 1.00 bits per heavy atom. The Bertz CT molecular complexity index is 393. The van der Waals surface area contributed by atoms with E-state index in [1.54, 1.807) is 6.92 Å². The molecule has 0 unspecified atom stereocenters. The van der Waals surface area contributed by atoms with Crippen LogP contribution in [0.3, 0.4) is 0 Å². The summed E-state index contributed by atoms with van der Waals surface area (Å²) in [6, 6.07) is 0. The highest BCUT2D eigenvalue weighted by Crippen LogP contribution is 2.23. The van der Waals surface area contributed by atoms with Gasteiger partial charge in [-0.25, -0.2) is 24.3 Å². The lowest BCUT2D eigenvalue weighted by molar-refractivity contribution is -0.398. The van der Waals surface area contributed by atoms with Crippen LogP contribution < -0.4 is 0 Å². The third-order valence-electron chi connectivity index (χ3n) is 2.28.